The highest BCUT2D eigenvalue weighted by Crippen LogP contribution is 2.33. The van der Waals surface area contributed by atoms with E-state index in [0.717, 1.165) is 30.5 Å². The number of thiazole rings is 1. The average molecular weight is 332 g/mol. The van der Waals surface area contributed by atoms with E-state index in [1.54, 1.807) is 19.2 Å². The zero-order valence-corrected chi connectivity index (χ0v) is 14.3. The van der Waals surface area contributed by atoms with Gasteiger partial charge < -0.3 is 9.72 Å². The maximum Gasteiger partial charge on any atom is 0.344 e. The standard InChI is InChI=1S/C17H20N2O3S/c1-10(15-18-6-7-23-15)22-16(21)12-8-11-9-17(2,3)5-4-13(11)19-14(12)20/h6-8,10H,4-5,9H2,1-3H3,(H,19,20). The molecule has 0 saturated heterocycles. The molecule has 0 amide bonds. The molecule has 2 aromatic heterocycles. The summed E-state index contributed by atoms with van der Waals surface area (Å²) in [7, 11) is 0. The molecule has 1 aliphatic rings. The van der Waals surface area contributed by atoms with Crippen LogP contribution >= 0.6 is 11.3 Å². The number of hydrogen-bond acceptors (Lipinski definition) is 5. The second-order valence-corrected chi connectivity index (χ2v) is 7.70. The average Bonchev–Trinajstić information content (AvgIpc) is 3.00. The molecule has 0 aromatic carbocycles. The van der Waals surface area contributed by atoms with Crippen molar-refractivity contribution in [3.63, 3.8) is 0 Å². The van der Waals surface area contributed by atoms with Gasteiger partial charge in [0, 0.05) is 17.3 Å². The summed E-state index contributed by atoms with van der Waals surface area (Å²) in [5.41, 5.74) is 1.86. The molecule has 1 aliphatic carbocycles. The number of hydrogen-bond donors (Lipinski definition) is 1. The van der Waals surface area contributed by atoms with Crippen molar-refractivity contribution in [3.05, 3.63) is 49.8 Å². The normalized spacial score (nSPS) is 17.3. The van der Waals surface area contributed by atoms with Crippen LogP contribution in [0.4, 0.5) is 0 Å². The van der Waals surface area contributed by atoms with Crippen LogP contribution in [0.1, 0.15) is 59.9 Å². The lowest BCUT2D eigenvalue weighted by Crippen LogP contribution is -2.28. The lowest BCUT2D eigenvalue weighted by molar-refractivity contribution is 0.0335. The number of carbonyl (C=O) groups is 1. The number of carbonyl (C=O) groups excluding carboxylic acids is 1. The van der Waals surface area contributed by atoms with Crippen LogP contribution in [0.25, 0.3) is 0 Å². The highest BCUT2D eigenvalue weighted by Gasteiger charge is 2.28. The molecule has 0 radical (unpaired) electrons. The van der Waals surface area contributed by atoms with E-state index in [2.05, 4.69) is 23.8 Å². The molecule has 0 bridgehead atoms. The fourth-order valence-electron chi connectivity index (χ4n) is 2.92. The summed E-state index contributed by atoms with van der Waals surface area (Å²) in [5, 5.41) is 2.54. The SMILES string of the molecule is CC(OC(=O)c1cc2c([nH]c1=O)CCC(C)(C)C2)c1nccs1. The van der Waals surface area contributed by atoms with Crippen LogP contribution in [0.2, 0.25) is 0 Å². The molecule has 0 aliphatic heterocycles. The molecule has 0 fully saturated rings. The molecule has 1 N–H and O–H groups in total. The van der Waals surface area contributed by atoms with Crippen molar-refractivity contribution in [2.24, 2.45) is 5.41 Å². The van der Waals surface area contributed by atoms with E-state index < -0.39 is 12.1 Å². The quantitative estimate of drug-likeness (QED) is 0.876. The number of aromatic nitrogens is 2. The first-order valence-corrected chi connectivity index (χ1v) is 8.59. The Bertz CT molecular complexity index is 778. The number of ether oxygens (including phenoxy) is 1. The highest BCUT2D eigenvalue weighted by atomic mass is 32.1. The second kappa shape index (κ2) is 5.92. The molecule has 0 spiro atoms. The Kier molecular flexibility index (Phi) is 4.10. The molecule has 3 rings (SSSR count). The van der Waals surface area contributed by atoms with Crippen LogP contribution in [-0.2, 0) is 17.6 Å². The number of aromatic amines is 1. The Morgan fingerprint density at radius 2 is 2.26 bits per heavy atom. The lowest BCUT2D eigenvalue weighted by atomic mass is 9.76. The first kappa shape index (κ1) is 15.9. The number of esters is 1. The number of rotatable bonds is 3. The molecule has 6 heteroatoms. The van der Waals surface area contributed by atoms with Gasteiger partial charge in [-0.1, -0.05) is 13.8 Å². The van der Waals surface area contributed by atoms with Gasteiger partial charge in [0.25, 0.3) is 5.56 Å². The fourth-order valence-corrected chi connectivity index (χ4v) is 3.54. The summed E-state index contributed by atoms with van der Waals surface area (Å²) in [6.45, 7) is 6.15. The predicted octanol–water partition coefficient (Wildman–Crippen LogP) is 3.26. The van der Waals surface area contributed by atoms with E-state index in [-0.39, 0.29) is 16.5 Å². The Morgan fingerprint density at radius 1 is 1.48 bits per heavy atom. The first-order chi connectivity index (χ1) is 10.9. The van der Waals surface area contributed by atoms with Gasteiger partial charge in [-0.15, -0.1) is 11.3 Å². The van der Waals surface area contributed by atoms with E-state index in [9.17, 15) is 9.59 Å². The third kappa shape index (κ3) is 3.37. The third-order valence-electron chi connectivity index (χ3n) is 4.24. The van der Waals surface area contributed by atoms with Crippen molar-refractivity contribution in [1.82, 2.24) is 9.97 Å². The van der Waals surface area contributed by atoms with Gasteiger partial charge in [0.2, 0.25) is 0 Å². The van der Waals surface area contributed by atoms with Gasteiger partial charge in [-0.25, -0.2) is 9.78 Å². The van der Waals surface area contributed by atoms with Gasteiger partial charge in [0.05, 0.1) is 0 Å². The van der Waals surface area contributed by atoms with E-state index >= 15 is 0 Å². The molecule has 23 heavy (non-hydrogen) atoms. The van der Waals surface area contributed by atoms with Crippen molar-refractivity contribution < 1.29 is 9.53 Å². The molecule has 1 unspecified atom stereocenters. The van der Waals surface area contributed by atoms with Gasteiger partial charge in [-0.2, -0.15) is 0 Å². The summed E-state index contributed by atoms with van der Waals surface area (Å²) in [6.07, 6.45) is 3.91. The highest BCUT2D eigenvalue weighted by molar-refractivity contribution is 7.09. The van der Waals surface area contributed by atoms with Gasteiger partial charge in [-0.05, 0) is 43.2 Å². The summed E-state index contributed by atoms with van der Waals surface area (Å²) >= 11 is 1.42. The molecular formula is C17H20N2O3S. The van der Waals surface area contributed by atoms with Crippen molar-refractivity contribution in [1.29, 1.82) is 0 Å². The number of fused-ring (bicyclic) bond motifs is 1. The predicted molar refractivity (Wildman–Crippen MR) is 88.8 cm³/mol. The first-order valence-electron chi connectivity index (χ1n) is 7.71. The van der Waals surface area contributed by atoms with Crippen LogP contribution in [-0.4, -0.2) is 15.9 Å². The van der Waals surface area contributed by atoms with E-state index in [1.807, 2.05) is 5.38 Å². The fraction of sp³-hybridized carbons (Fsp3) is 0.471. The van der Waals surface area contributed by atoms with Gasteiger partial charge in [0.1, 0.15) is 10.6 Å². The summed E-state index contributed by atoms with van der Waals surface area (Å²) in [6, 6.07) is 1.70. The minimum atomic E-state index is -0.597. The van der Waals surface area contributed by atoms with E-state index in [1.165, 1.54) is 11.3 Å². The Hall–Kier alpha value is -1.95. The van der Waals surface area contributed by atoms with Crippen molar-refractivity contribution in [2.45, 2.75) is 46.1 Å². The van der Waals surface area contributed by atoms with Gasteiger partial charge in [-0.3, -0.25) is 4.79 Å². The molecule has 1 atom stereocenters. The number of nitrogens with one attached hydrogen (secondary N) is 1. The number of aryl methyl sites for hydroxylation is 1. The maximum atomic E-state index is 12.4. The molecule has 5 nitrogen and oxygen atoms in total. The largest absolute Gasteiger partial charge is 0.452 e. The number of pyridine rings is 1. The van der Waals surface area contributed by atoms with Crippen molar-refractivity contribution in [3.8, 4) is 0 Å². The smallest absolute Gasteiger partial charge is 0.344 e. The summed E-state index contributed by atoms with van der Waals surface area (Å²) in [4.78, 5) is 31.5. The molecule has 2 heterocycles. The minimum Gasteiger partial charge on any atom is -0.452 e. The topological polar surface area (TPSA) is 72.1 Å². The van der Waals surface area contributed by atoms with Crippen molar-refractivity contribution in [2.75, 3.05) is 0 Å². The molecule has 2 aromatic rings. The molecular weight excluding hydrogens is 312 g/mol. The maximum absolute atomic E-state index is 12.4. The van der Waals surface area contributed by atoms with Crippen LogP contribution in [0, 0.1) is 5.41 Å². The Morgan fingerprint density at radius 3 is 2.96 bits per heavy atom. The number of nitrogens with zero attached hydrogens (tertiary/aromatic N) is 1. The zero-order valence-electron chi connectivity index (χ0n) is 13.5. The summed E-state index contributed by atoms with van der Waals surface area (Å²) < 4.78 is 5.39. The minimum absolute atomic E-state index is 0.0739. The molecule has 0 saturated carbocycles. The van der Waals surface area contributed by atoms with Crippen LogP contribution < -0.4 is 5.56 Å². The van der Waals surface area contributed by atoms with Crippen LogP contribution in [0.15, 0.2) is 22.4 Å². The summed E-state index contributed by atoms with van der Waals surface area (Å²) in [5.74, 6) is -0.597. The molecule has 122 valence electrons. The van der Waals surface area contributed by atoms with Gasteiger partial charge in [0.15, 0.2) is 6.10 Å². The van der Waals surface area contributed by atoms with E-state index in [0.29, 0.717) is 5.01 Å². The number of H-pyrrole nitrogens is 1. The third-order valence-corrected chi connectivity index (χ3v) is 5.18. The lowest BCUT2D eigenvalue weighted by Gasteiger charge is -2.31. The Labute approximate surface area is 138 Å². The van der Waals surface area contributed by atoms with Gasteiger partial charge >= 0.3 is 5.97 Å². The zero-order chi connectivity index (χ0) is 16.6. The van der Waals surface area contributed by atoms with E-state index in [4.69, 9.17) is 4.74 Å². The second-order valence-electron chi connectivity index (χ2n) is 6.77. The van der Waals surface area contributed by atoms with Crippen LogP contribution in [0.3, 0.4) is 0 Å². The van der Waals surface area contributed by atoms with Crippen LogP contribution in [0.5, 0.6) is 0 Å². The van der Waals surface area contributed by atoms with Crippen molar-refractivity contribution >= 4 is 17.3 Å². The monoisotopic (exact) mass is 332 g/mol. The Balaban J connectivity index is 1.85.